The van der Waals surface area contributed by atoms with Gasteiger partial charge in [-0.2, -0.15) is 0 Å². The van der Waals surface area contributed by atoms with Crippen molar-refractivity contribution in [1.29, 1.82) is 0 Å². The van der Waals surface area contributed by atoms with Gasteiger partial charge in [0.05, 0.1) is 5.66 Å². The minimum absolute atomic E-state index is 0.366. The van der Waals surface area contributed by atoms with Crippen molar-refractivity contribution in [1.82, 2.24) is 0 Å². The average Bonchev–Trinajstić information content (AvgIpc) is 2.37. The monoisotopic (exact) mass is 242 g/mol. The molecule has 1 unspecified atom stereocenters. The second kappa shape index (κ2) is 3.97. The molecule has 0 bridgehead atoms. The molecule has 17 heavy (non-hydrogen) atoms. The Morgan fingerprint density at radius 3 is 2.71 bits per heavy atom. The lowest BCUT2D eigenvalue weighted by Crippen LogP contribution is -1.99. The molecular formula is C14H11O2P. The first-order valence-corrected chi connectivity index (χ1v) is 6.84. The number of allylic oxidation sites excluding steroid dienone is 1. The van der Waals surface area contributed by atoms with Crippen molar-refractivity contribution >= 4 is 24.5 Å². The van der Waals surface area contributed by atoms with Gasteiger partial charge in [-0.3, -0.25) is 0 Å². The van der Waals surface area contributed by atoms with E-state index in [1.807, 2.05) is 48.6 Å². The third-order valence-electron chi connectivity index (χ3n) is 3.26. The van der Waals surface area contributed by atoms with E-state index in [1.54, 1.807) is 0 Å². The maximum Gasteiger partial charge on any atom is 0.323 e. The van der Waals surface area contributed by atoms with E-state index < -0.39 is 7.68 Å². The molecule has 0 amide bonds. The van der Waals surface area contributed by atoms with Crippen LogP contribution in [0.15, 0.2) is 42.5 Å². The Morgan fingerprint density at radius 1 is 1.06 bits per heavy atom. The Balaban J connectivity index is 2.35. The van der Waals surface area contributed by atoms with Crippen LogP contribution in [0, 0.1) is 0 Å². The average molecular weight is 242 g/mol. The fourth-order valence-corrected chi connectivity index (χ4v) is 3.18. The van der Waals surface area contributed by atoms with Gasteiger partial charge in [-0.05, 0) is 28.3 Å². The van der Waals surface area contributed by atoms with Gasteiger partial charge in [-0.25, -0.2) is 9.13 Å². The maximum atomic E-state index is 11.3. The fraction of sp³-hybridized carbons (Fsp3) is 0.143. The van der Waals surface area contributed by atoms with E-state index in [0.717, 1.165) is 21.9 Å². The Morgan fingerprint density at radius 2 is 1.88 bits per heavy atom. The summed E-state index contributed by atoms with van der Waals surface area (Å²) >= 11 is 0. The zero-order valence-corrected chi connectivity index (χ0v) is 10.1. The molecule has 3 heteroatoms. The molecule has 0 heterocycles. The number of fused-ring (bicyclic) bond motifs is 3. The molecule has 0 spiro atoms. The van der Waals surface area contributed by atoms with Gasteiger partial charge in [0.1, 0.15) is 0 Å². The number of benzene rings is 2. The smallest absolute Gasteiger partial charge is 0.237 e. The SMILES string of the molecule is O=P(=O)C1CC=Cc2c1ccc1ccccc21. The zero-order chi connectivity index (χ0) is 11.8. The number of hydrogen-bond donors (Lipinski definition) is 0. The summed E-state index contributed by atoms with van der Waals surface area (Å²) in [5.41, 5.74) is 1.62. The van der Waals surface area contributed by atoms with Gasteiger partial charge in [0.25, 0.3) is 0 Å². The Hall–Kier alpha value is -1.66. The van der Waals surface area contributed by atoms with Crippen molar-refractivity contribution in [3.63, 3.8) is 0 Å². The minimum Gasteiger partial charge on any atom is -0.237 e. The van der Waals surface area contributed by atoms with Crippen LogP contribution in [0.25, 0.3) is 16.8 Å². The molecule has 2 aromatic rings. The molecule has 1 aliphatic carbocycles. The van der Waals surface area contributed by atoms with Crippen LogP contribution in [0.4, 0.5) is 0 Å². The standard InChI is InChI=1S/C14H11O2P/c15-17(16)14-7-3-6-12-11-5-2-1-4-10(11)8-9-13(12)14/h1-6,8-9,14H,7H2. The molecule has 0 saturated carbocycles. The van der Waals surface area contributed by atoms with Crippen LogP contribution in [-0.4, -0.2) is 0 Å². The van der Waals surface area contributed by atoms with Crippen LogP contribution in [0.5, 0.6) is 0 Å². The molecule has 0 aliphatic heterocycles. The largest absolute Gasteiger partial charge is 0.323 e. The molecule has 84 valence electrons. The molecule has 1 atom stereocenters. The van der Waals surface area contributed by atoms with Gasteiger partial charge < -0.3 is 0 Å². The summed E-state index contributed by atoms with van der Waals surface area (Å²) in [7, 11) is -2.41. The molecule has 0 fully saturated rings. The summed E-state index contributed by atoms with van der Waals surface area (Å²) in [5, 5.41) is 2.28. The van der Waals surface area contributed by atoms with Crippen molar-refractivity contribution in [2.24, 2.45) is 0 Å². The van der Waals surface area contributed by atoms with E-state index in [2.05, 4.69) is 0 Å². The lowest BCUT2D eigenvalue weighted by molar-refractivity contribution is 0.505. The van der Waals surface area contributed by atoms with Crippen molar-refractivity contribution in [2.75, 3.05) is 0 Å². The number of rotatable bonds is 1. The maximum absolute atomic E-state index is 11.3. The van der Waals surface area contributed by atoms with Gasteiger partial charge in [-0.15, -0.1) is 0 Å². The van der Waals surface area contributed by atoms with Gasteiger partial charge in [0.2, 0.25) is 0 Å². The second-order valence-electron chi connectivity index (χ2n) is 4.23. The molecule has 1 aliphatic rings. The summed E-state index contributed by atoms with van der Waals surface area (Å²) in [5.74, 6) is 0. The summed E-state index contributed by atoms with van der Waals surface area (Å²) in [6.07, 6.45) is 4.57. The van der Waals surface area contributed by atoms with E-state index in [4.69, 9.17) is 0 Å². The normalized spacial score (nSPS) is 18.0. The van der Waals surface area contributed by atoms with Gasteiger partial charge in [-0.1, -0.05) is 48.6 Å². The zero-order valence-electron chi connectivity index (χ0n) is 9.17. The van der Waals surface area contributed by atoms with E-state index in [0.29, 0.717) is 6.42 Å². The first kappa shape index (κ1) is 10.5. The van der Waals surface area contributed by atoms with Crippen LogP contribution in [0.2, 0.25) is 0 Å². The first-order chi connectivity index (χ1) is 8.27. The topological polar surface area (TPSA) is 34.1 Å². The summed E-state index contributed by atoms with van der Waals surface area (Å²) in [6.45, 7) is 0. The summed E-state index contributed by atoms with van der Waals surface area (Å²) < 4.78 is 22.5. The third-order valence-corrected chi connectivity index (χ3v) is 4.26. The van der Waals surface area contributed by atoms with Crippen LogP contribution in [-0.2, 0) is 9.13 Å². The first-order valence-electron chi connectivity index (χ1n) is 5.59. The van der Waals surface area contributed by atoms with Crippen molar-refractivity contribution in [3.05, 3.63) is 53.6 Å². The predicted molar refractivity (Wildman–Crippen MR) is 68.6 cm³/mol. The quantitative estimate of drug-likeness (QED) is 0.691. The van der Waals surface area contributed by atoms with Crippen molar-refractivity contribution in [3.8, 4) is 0 Å². The third kappa shape index (κ3) is 1.65. The Kier molecular flexibility index (Phi) is 2.45. The Labute approximate surface area is 99.8 Å². The van der Waals surface area contributed by atoms with Crippen LogP contribution in [0.1, 0.15) is 23.2 Å². The van der Waals surface area contributed by atoms with Crippen molar-refractivity contribution < 1.29 is 9.13 Å². The molecule has 0 N–H and O–H groups in total. The predicted octanol–water partition coefficient (Wildman–Crippen LogP) is 4.47. The van der Waals surface area contributed by atoms with Crippen LogP contribution < -0.4 is 0 Å². The van der Waals surface area contributed by atoms with Gasteiger partial charge in [0, 0.05) is 0 Å². The van der Waals surface area contributed by atoms with Crippen molar-refractivity contribution in [2.45, 2.75) is 12.1 Å². The van der Waals surface area contributed by atoms with Gasteiger partial charge >= 0.3 is 7.68 Å². The van der Waals surface area contributed by atoms with E-state index in [-0.39, 0.29) is 5.66 Å². The molecule has 2 aromatic carbocycles. The lowest BCUT2D eigenvalue weighted by atomic mass is 9.92. The molecule has 0 radical (unpaired) electrons. The van der Waals surface area contributed by atoms with E-state index >= 15 is 0 Å². The Bertz CT molecular complexity index is 676. The number of hydrogen-bond acceptors (Lipinski definition) is 2. The van der Waals surface area contributed by atoms with Crippen LogP contribution in [0.3, 0.4) is 0 Å². The second-order valence-corrected chi connectivity index (χ2v) is 5.42. The highest BCUT2D eigenvalue weighted by molar-refractivity contribution is 7.31. The molecule has 2 nitrogen and oxygen atoms in total. The fourth-order valence-electron chi connectivity index (χ4n) is 2.43. The molecule has 3 rings (SSSR count). The highest BCUT2D eigenvalue weighted by Crippen LogP contribution is 2.42. The highest BCUT2D eigenvalue weighted by atomic mass is 31.1. The van der Waals surface area contributed by atoms with E-state index in [1.165, 1.54) is 0 Å². The highest BCUT2D eigenvalue weighted by Gasteiger charge is 2.22. The summed E-state index contributed by atoms with van der Waals surface area (Å²) in [6, 6.07) is 12.0. The van der Waals surface area contributed by atoms with Gasteiger partial charge in [0.15, 0.2) is 0 Å². The van der Waals surface area contributed by atoms with Crippen LogP contribution >= 0.6 is 7.68 Å². The minimum atomic E-state index is -2.41. The molecule has 0 saturated heterocycles. The molecular weight excluding hydrogens is 231 g/mol. The summed E-state index contributed by atoms with van der Waals surface area (Å²) in [4.78, 5) is 0. The van der Waals surface area contributed by atoms with E-state index in [9.17, 15) is 9.13 Å². The molecule has 0 aromatic heterocycles. The lowest BCUT2D eigenvalue weighted by Gasteiger charge is -2.17.